The van der Waals surface area contributed by atoms with Gasteiger partial charge in [-0.05, 0) is 31.9 Å². The molecule has 18 heavy (non-hydrogen) atoms. The number of para-hydroxylation sites is 1. The molecule has 1 heterocycles. The number of hydrogen-bond donors (Lipinski definition) is 1. The quantitative estimate of drug-likeness (QED) is 0.883. The molecule has 3 heteroatoms. The topological polar surface area (TPSA) is 39.1 Å². The number of anilines is 1. The van der Waals surface area contributed by atoms with Crippen LogP contribution in [-0.4, -0.2) is 25.2 Å². The summed E-state index contributed by atoms with van der Waals surface area (Å²) in [5, 5.41) is 12.2. The summed E-state index contributed by atoms with van der Waals surface area (Å²) in [5.41, 5.74) is 1.32. The van der Waals surface area contributed by atoms with Crippen molar-refractivity contribution >= 4 is 5.69 Å². The normalized spacial score (nSPS) is 18.3. The Balaban J connectivity index is 1.80. The zero-order chi connectivity index (χ0) is 12.8. The third-order valence-electron chi connectivity index (χ3n) is 3.53. The first kappa shape index (κ1) is 12.9. The molecule has 0 aliphatic carbocycles. The zero-order valence-electron chi connectivity index (χ0n) is 11.0. The Labute approximate surface area is 109 Å². The third-order valence-corrected chi connectivity index (χ3v) is 3.53. The molecule has 1 aromatic rings. The van der Waals surface area contributed by atoms with Crippen LogP contribution in [-0.2, 0) is 0 Å². The molecule has 0 bridgehead atoms. The Morgan fingerprint density at radius 1 is 1.33 bits per heavy atom. The lowest BCUT2D eigenvalue weighted by Crippen LogP contribution is -2.45. The monoisotopic (exact) mass is 243 g/mol. The van der Waals surface area contributed by atoms with Gasteiger partial charge < -0.3 is 10.2 Å². The maximum atomic E-state index is 8.66. The van der Waals surface area contributed by atoms with Gasteiger partial charge in [0.2, 0.25) is 0 Å². The molecular weight excluding hydrogens is 222 g/mol. The standard InChI is InChI=1S/C15H21N3/c1-13(7-10-16)17-14-8-11-18(12-9-14)15-5-3-2-4-6-15/h2-6,13-14,17H,7-9,11-12H2,1H3/t13-/m1/s1. The van der Waals surface area contributed by atoms with Gasteiger partial charge in [0, 0.05) is 30.9 Å². The largest absolute Gasteiger partial charge is 0.371 e. The SMILES string of the molecule is C[C@H](CC#N)NC1CCN(c2ccccc2)CC1. The Morgan fingerprint density at radius 3 is 2.61 bits per heavy atom. The van der Waals surface area contributed by atoms with Crippen molar-refractivity contribution < 1.29 is 0 Å². The molecule has 1 fully saturated rings. The Kier molecular flexibility index (Phi) is 4.60. The van der Waals surface area contributed by atoms with E-state index in [1.165, 1.54) is 5.69 Å². The van der Waals surface area contributed by atoms with Gasteiger partial charge in [-0.15, -0.1) is 0 Å². The molecular formula is C15H21N3. The van der Waals surface area contributed by atoms with Gasteiger partial charge in [-0.1, -0.05) is 18.2 Å². The second-order valence-corrected chi connectivity index (χ2v) is 5.03. The third kappa shape index (κ3) is 3.48. The van der Waals surface area contributed by atoms with Crippen LogP contribution in [0.4, 0.5) is 5.69 Å². The van der Waals surface area contributed by atoms with Crippen molar-refractivity contribution in [2.75, 3.05) is 18.0 Å². The molecule has 0 amide bonds. The highest BCUT2D eigenvalue weighted by Gasteiger charge is 2.20. The first-order valence-electron chi connectivity index (χ1n) is 6.72. The second kappa shape index (κ2) is 6.42. The molecule has 0 unspecified atom stereocenters. The number of benzene rings is 1. The minimum Gasteiger partial charge on any atom is -0.371 e. The maximum absolute atomic E-state index is 8.66. The number of rotatable bonds is 4. The van der Waals surface area contributed by atoms with Crippen molar-refractivity contribution in [3.63, 3.8) is 0 Å². The number of nitriles is 1. The predicted octanol–water partition coefficient (Wildman–Crippen LogP) is 2.55. The van der Waals surface area contributed by atoms with E-state index >= 15 is 0 Å². The number of nitrogens with zero attached hydrogens (tertiary/aromatic N) is 2. The lowest BCUT2D eigenvalue weighted by molar-refractivity contribution is 0.378. The van der Waals surface area contributed by atoms with Crippen LogP contribution >= 0.6 is 0 Å². The lowest BCUT2D eigenvalue weighted by Gasteiger charge is -2.35. The van der Waals surface area contributed by atoms with E-state index in [1.807, 2.05) is 0 Å². The average molecular weight is 243 g/mol. The highest BCUT2D eigenvalue weighted by atomic mass is 15.1. The zero-order valence-corrected chi connectivity index (χ0v) is 11.0. The van der Waals surface area contributed by atoms with Crippen LogP contribution in [0.3, 0.4) is 0 Å². The Morgan fingerprint density at radius 2 is 2.00 bits per heavy atom. The van der Waals surface area contributed by atoms with E-state index in [9.17, 15) is 0 Å². The van der Waals surface area contributed by atoms with E-state index in [0.717, 1.165) is 25.9 Å². The number of hydrogen-bond acceptors (Lipinski definition) is 3. The van der Waals surface area contributed by atoms with E-state index in [4.69, 9.17) is 5.26 Å². The van der Waals surface area contributed by atoms with Gasteiger partial charge in [0.25, 0.3) is 0 Å². The molecule has 2 rings (SSSR count). The summed E-state index contributed by atoms with van der Waals surface area (Å²) in [6, 6.07) is 13.7. The highest BCUT2D eigenvalue weighted by Crippen LogP contribution is 2.19. The molecule has 1 saturated heterocycles. The van der Waals surface area contributed by atoms with Crippen LogP contribution < -0.4 is 10.2 Å². The molecule has 0 radical (unpaired) electrons. The van der Waals surface area contributed by atoms with Gasteiger partial charge >= 0.3 is 0 Å². The first-order chi connectivity index (χ1) is 8.79. The van der Waals surface area contributed by atoms with Gasteiger partial charge in [-0.25, -0.2) is 0 Å². The average Bonchev–Trinajstić information content (AvgIpc) is 2.41. The Hall–Kier alpha value is -1.53. The van der Waals surface area contributed by atoms with Crippen LogP contribution in [0.25, 0.3) is 0 Å². The second-order valence-electron chi connectivity index (χ2n) is 5.03. The summed E-state index contributed by atoms with van der Waals surface area (Å²) in [7, 11) is 0. The fraction of sp³-hybridized carbons (Fsp3) is 0.533. The van der Waals surface area contributed by atoms with Gasteiger partial charge in [-0.3, -0.25) is 0 Å². The smallest absolute Gasteiger partial charge is 0.0638 e. The van der Waals surface area contributed by atoms with Crippen LogP contribution in [0.15, 0.2) is 30.3 Å². The molecule has 96 valence electrons. The fourth-order valence-electron chi connectivity index (χ4n) is 2.54. The summed E-state index contributed by atoms with van der Waals surface area (Å²) >= 11 is 0. The predicted molar refractivity (Wildman–Crippen MR) is 74.5 cm³/mol. The first-order valence-corrected chi connectivity index (χ1v) is 6.72. The van der Waals surface area contributed by atoms with Gasteiger partial charge in [0.15, 0.2) is 0 Å². The molecule has 1 atom stereocenters. The summed E-state index contributed by atoms with van der Waals surface area (Å²) < 4.78 is 0. The van der Waals surface area contributed by atoms with Crippen molar-refractivity contribution in [2.24, 2.45) is 0 Å². The van der Waals surface area contributed by atoms with Crippen LogP contribution in [0.5, 0.6) is 0 Å². The number of piperidine rings is 1. The molecule has 1 aliphatic rings. The molecule has 3 nitrogen and oxygen atoms in total. The van der Waals surface area contributed by atoms with E-state index in [0.29, 0.717) is 18.5 Å². The van der Waals surface area contributed by atoms with Crippen molar-refractivity contribution in [2.45, 2.75) is 38.3 Å². The minimum absolute atomic E-state index is 0.309. The summed E-state index contributed by atoms with van der Waals surface area (Å²) in [4.78, 5) is 2.44. The van der Waals surface area contributed by atoms with Gasteiger partial charge in [0.05, 0.1) is 12.5 Å². The van der Waals surface area contributed by atoms with E-state index in [1.54, 1.807) is 0 Å². The van der Waals surface area contributed by atoms with Crippen molar-refractivity contribution in [1.82, 2.24) is 5.32 Å². The fourth-order valence-corrected chi connectivity index (χ4v) is 2.54. The molecule has 1 aliphatic heterocycles. The molecule has 0 aromatic heterocycles. The summed E-state index contributed by atoms with van der Waals surface area (Å²) in [6.45, 7) is 4.29. The van der Waals surface area contributed by atoms with Crippen LogP contribution in [0.2, 0.25) is 0 Å². The van der Waals surface area contributed by atoms with E-state index < -0.39 is 0 Å². The summed E-state index contributed by atoms with van der Waals surface area (Å²) in [6.07, 6.45) is 2.91. The van der Waals surface area contributed by atoms with Crippen molar-refractivity contribution in [1.29, 1.82) is 5.26 Å². The summed E-state index contributed by atoms with van der Waals surface area (Å²) in [5.74, 6) is 0. The van der Waals surface area contributed by atoms with E-state index in [2.05, 4.69) is 53.5 Å². The Bertz CT molecular complexity index is 388. The highest BCUT2D eigenvalue weighted by molar-refractivity contribution is 5.46. The van der Waals surface area contributed by atoms with Gasteiger partial charge in [-0.2, -0.15) is 5.26 Å². The van der Waals surface area contributed by atoms with Crippen molar-refractivity contribution in [3.05, 3.63) is 30.3 Å². The molecule has 1 N–H and O–H groups in total. The molecule has 0 spiro atoms. The minimum atomic E-state index is 0.309. The lowest BCUT2D eigenvalue weighted by atomic mass is 10.0. The van der Waals surface area contributed by atoms with E-state index in [-0.39, 0.29) is 0 Å². The molecule has 1 aromatic carbocycles. The number of nitrogens with one attached hydrogen (secondary N) is 1. The van der Waals surface area contributed by atoms with Crippen LogP contribution in [0, 0.1) is 11.3 Å². The van der Waals surface area contributed by atoms with Crippen LogP contribution in [0.1, 0.15) is 26.2 Å². The maximum Gasteiger partial charge on any atom is 0.0638 e. The van der Waals surface area contributed by atoms with Gasteiger partial charge in [0.1, 0.15) is 0 Å². The van der Waals surface area contributed by atoms with Crippen molar-refractivity contribution in [3.8, 4) is 6.07 Å². The molecule has 0 saturated carbocycles.